The highest BCUT2D eigenvalue weighted by Gasteiger charge is 2.18. The molecule has 0 saturated carbocycles. The first-order valence-electron chi connectivity index (χ1n) is 18.5. The Morgan fingerprint density at radius 1 is 0.961 bits per heavy atom. The second-order valence-electron chi connectivity index (χ2n) is 13.7. The highest BCUT2D eigenvalue weighted by molar-refractivity contribution is 7.84. The quantitative estimate of drug-likeness (QED) is 0.104. The lowest BCUT2D eigenvalue weighted by atomic mass is 9.95. The van der Waals surface area contributed by atoms with E-state index in [1.54, 1.807) is 12.5 Å². The van der Waals surface area contributed by atoms with Gasteiger partial charge < -0.3 is 24.3 Å². The van der Waals surface area contributed by atoms with Crippen molar-refractivity contribution in [3.8, 4) is 16.9 Å². The normalized spacial score (nSPS) is 14.7. The third-order valence-corrected chi connectivity index (χ3v) is 10.3. The van der Waals surface area contributed by atoms with E-state index in [1.165, 1.54) is 5.69 Å². The third kappa shape index (κ3) is 11.4. The predicted molar refractivity (Wildman–Crippen MR) is 210 cm³/mol. The van der Waals surface area contributed by atoms with E-state index < -0.39 is 10.8 Å². The van der Waals surface area contributed by atoms with Gasteiger partial charge in [0.1, 0.15) is 12.4 Å². The van der Waals surface area contributed by atoms with Crippen LogP contribution in [0.25, 0.3) is 17.2 Å². The summed E-state index contributed by atoms with van der Waals surface area (Å²) < 4.78 is 26.6. The second-order valence-corrected chi connectivity index (χ2v) is 15.1. The minimum atomic E-state index is -1.20. The van der Waals surface area contributed by atoms with Crippen LogP contribution < -0.4 is 15.0 Å². The predicted octanol–water partition coefficient (Wildman–Crippen LogP) is 9.13. The summed E-state index contributed by atoms with van der Waals surface area (Å²) in [6.07, 6.45) is 11.1. The van der Waals surface area contributed by atoms with E-state index in [-0.39, 0.29) is 5.91 Å². The maximum absolute atomic E-state index is 13.3. The number of aryl methyl sites for hydroxylation is 1. The monoisotopic (exact) mass is 710 g/mol. The summed E-state index contributed by atoms with van der Waals surface area (Å²) in [4.78, 5) is 20.8. The number of nitrogens with zero attached hydrogens (tertiary/aromatic N) is 3. The number of nitrogens with one attached hydrogen (secondary N) is 1. The van der Waals surface area contributed by atoms with E-state index in [9.17, 15) is 9.00 Å². The molecule has 0 aliphatic carbocycles. The third-order valence-electron chi connectivity index (χ3n) is 8.90. The number of hydrogen-bond donors (Lipinski definition) is 1. The van der Waals surface area contributed by atoms with Crippen molar-refractivity contribution in [2.45, 2.75) is 83.4 Å². The van der Waals surface area contributed by atoms with Crippen molar-refractivity contribution in [1.82, 2.24) is 9.55 Å². The zero-order chi connectivity index (χ0) is 36.0. The van der Waals surface area contributed by atoms with Crippen LogP contribution in [0.4, 0.5) is 11.4 Å². The second kappa shape index (κ2) is 19.4. The van der Waals surface area contributed by atoms with Gasteiger partial charge in [-0.2, -0.15) is 0 Å². The molecule has 0 spiro atoms. The van der Waals surface area contributed by atoms with Gasteiger partial charge in [-0.1, -0.05) is 64.0 Å². The van der Waals surface area contributed by atoms with Crippen LogP contribution in [0.1, 0.15) is 77.5 Å². The standard InChI is InChI=1S/C42H54N4O4S/c1-5-7-22-49-23-24-50-39-15-10-34(11-16-39)35-12-19-41-36(27-35)25-33(9-8-21-45(41)29-32(3)4)26-42(47)44-37-13-17-40(18-14-37)51(48)30-38-28-43-31-46(38)20-6-2/h10-19,25,27-28,31-32H,5-9,20-24,26,29-30H2,1-4H3,(H,44,47)/b33-25+/t51-/m0/s1. The first kappa shape index (κ1) is 38.0. The van der Waals surface area contributed by atoms with E-state index in [0.29, 0.717) is 37.0 Å². The Morgan fingerprint density at radius 3 is 2.49 bits per heavy atom. The fraction of sp³-hybridized carbons (Fsp3) is 0.429. The topological polar surface area (TPSA) is 85.7 Å². The van der Waals surface area contributed by atoms with Crippen LogP contribution in [0.2, 0.25) is 0 Å². The lowest BCUT2D eigenvalue weighted by Gasteiger charge is -2.30. The van der Waals surface area contributed by atoms with Crippen molar-refractivity contribution in [3.63, 3.8) is 0 Å². The fourth-order valence-electron chi connectivity index (χ4n) is 6.36. The Kier molecular flexibility index (Phi) is 14.5. The number of carbonyl (C=O) groups excluding carboxylic acids is 1. The summed E-state index contributed by atoms with van der Waals surface area (Å²) in [7, 11) is -1.20. The minimum absolute atomic E-state index is 0.0535. The molecule has 5 rings (SSSR count). The maximum atomic E-state index is 13.3. The maximum Gasteiger partial charge on any atom is 0.228 e. The Bertz CT molecular complexity index is 1750. The Morgan fingerprint density at radius 2 is 1.75 bits per heavy atom. The fourth-order valence-corrected chi connectivity index (χ4v) is 7.47. The summed E-state index contributed by atoms with van der Waals surface area (Å²) >= 11 is 0. The van der Waals surface area contributed by atoms with Crippen molar-refractivity contribution in [2.75, 3.05) is 43.1 Å². The number of anilines is 2. The lowest BCUT2D eigenvalue weighted by molar-refractivity contribution is -0.115. The average Bonchev–Trinajstić information content (AvgIpc) is 3.55. The van der Waals surface area contributed by atoms with E-state index in [4.69, 9.17) is 9.47 Å². The molecule has 0 radical (unpaired) electrons. The number of unbranched alkanes of at least 4 members (excludes halogenated alkanes) is 1. The highest BCUT2D eigenvalue weighted by Crippen LogP contribution is 2.34. The summed E-state index contributed by atoms with van der Waals surface area (Å²) in [5, 5.41) is 3.07. The number of imidazole rings is 1. The largest absolute Gasteiger partial charge is 0.491 e. The van der Waals surface area contributed by atoms with Gasteiger partial charge in [-0.25, -0.2) is 4.98 Å². The van der Waals surface area contributed by atoms with Crippen LogP contribution in [-0.4, -0.2) is 52.6 Å². The molecule has 1 amide bonds. The van der Waals surface area contributed by atoms with Gasteiger partial charge in [-0.15, -0.1) is 0 Å². The van der Waals surface area contributed by atoms with Crippen LogP contribution in [0.3, 0.4) is 0 Å². The smallest absolute Gasteiger partial charge is 0.228 e. The zero-order valence-corrected chi connectivity index (χ0v) is 31.6. The molecule has 8 nitrogen and oxygen atoms in total. The average molecular weight is 711 g/mol. The molecule has 9 heteroatoms. The van der Waals surface area contributed by atoms with Crippen LogP contribution in [0.15, 0.2) is 89.7 Å². The van der Waals surface area contributed by atoms with Crippen LogP contribution in [0, 0.1) is 5.92 Å². The van der Waals surface area contributed by atoms with Crippen molar-refractivity contribution in [1.29, 1.82) is 0 Å². The first-order chi connectivity index (χ1) is 24.8. The molecule has 0 bridgehead atoms. The van der Waals surface area contributed by atoms with E-state index in [1.807, 2.05) is 36.4 Å². The molecule has 1 N–H and O–H groups in total. The van der Waals surface area contributed by atoms with Crippen LogP contribution in [-0.2, 0) is 32.6 Å². The van der Waals surface area contributed by atoms with Crippen molar-refractivity contribution in [3.05, 3.63) is 96.1 Å². The van der Waals surface area contributed by atoms with Crippen LogP contribution in [0.5, 0.6) is 5.75 Å². The Hall–Kier alpha value is -4.21. The molecular formula is C42H54N4O4S. The van der Waals surface area contributed by atoms with E-state index >= 15 is 0 Å². The number of amides is 1. The summed E-state index contributed by atoms with van der Waals surface area (Å²) in [6.45, 7) is 13.5. The van der Waals surface area contributed by atoms with E-state index in [2.05, 4.69) is 83.9 Å². The zero-order valence-electron chi connectivity index (χ0n) is 30.7. The molecule has 1 atom stereocenters. The number of hydrogen-bond acceptors (Lipinski definition) is 6. The number of fused-ring (bicyclic) bond motifs is 1. The van der Waals surface area contributed by atoms with Gasteiger partial charge in [-0.05, 0) is 96.8 Å². The molecule has 272 valence electrons. The van der Waals surface area contributed by atoms with Crippen molar-refractivity contribution >= 4 is 34.2 Å². The Balaban J connectivity index is 1.26. The van der Waals surface area contributed by atoms with Crippen molar-refractivity contribution in [2.24, 2.45) is 5.92 Å². The van der Waals surface area contributed by atoms with E-state index in [0.717, 1.165) is 96.9 Å². The number of aromatic nitrogens is 2. The molecule has 1 aromatic heterocycles. The molecule has 4 aromatic rings. The van der Waals surface area contributed by atoms with Crippen LogP contribution >= 0.6 is 0 Å². The molecule has 1 aliphatic heterocycles. The molecule has 3 aromatic carbocycles. The number of rotatable bonds is 18. The SMILES string of the molecule is CCCCOCCOc1ccc(-c2ccc3c(c2)/C=C(/CC(=O)Nc2ccc([S@@](=O)Cc4cncn4CCC)cc2)CCCN3CC(C)C)cc1. The molecule has 0 saturated heterocycles. The molecule has 51 heavy (non-hydrogen) atoms. The molecule has 1 aliphatic rings. The number of carbonyl (C=O) groups is 1. The Labute approximate surface area is 306 Å². The minimum Gasteiger partial charge on any atom is -0.491 e. The summed E-state index contributed by atoms with van der Waals surface area (Å²) in [5.74, 6) is 1.72. The number of benzene rings is 3. The van der Waals surface area contributed by atoms with Gasteiger partial charge in [0.05, 0.1) is 35.2 Å². The highest BCUT2D eigenvalue weighted by atomic mass is 32.2. The molecule has 0 unspecified atom stereocenters. The molecule has 0 fully saturated rings. The van der Waals surface area contributed by atoms with Crippen molar-refractivity contribution < 1.29 is 18.5 Å². The van der Waals surface area contributed by atoms with Gasteiger partial charge in [-0.3, -0.25) is 9.00 Å². The lowest BCUT2D eigenvalue weighted by Crippen LogP contribution is -2.30. The van der Waals surface area contributed by atoms with Gasteiger partial charge in [0, 0.05) is 55.1 Å². The van der Waals surface area contributed by atoms with Gasteiger partial charge in [0.15, 0.2) is 0 Å². The van der Waals surface area contributed by atoms with Gasteiger partial charge in [0.2, 0.25) is 5.91 Å². The molecule has 2 heterocycles. The summed E-state index contributed by atoms with van der Waals surface area (Å²) in [5.41, 5.74) is 7.35. The van der Waals surface area contributed by atoms with Gasteiger partial charge in [0.25, 0.3) is 0 Å². The molecular weight excluding hydrogens is 657 g/mol. The number of ether oxygens (including phenoxy) is 2. The summed E-state index contributed by atoms with van der Waals surface area (Å²) in [6, 6.07) is 22.3. The van der Waals surface area contributed by atoms with Gasteiger partial charge >= 0.3 is 0 Å². The first-order valence-corrected chi connectivity index (χ1v) is 19.8.